The van der Waals surface area contributed by atoms with Crippen LogP contribution in [0, 0.1) is 0 Å². The normalized spacial score (nSPS) is 10.9. The second-order valence-corrected chi connectivity index (χ2v) is 3.88. The van der Waals surface area contributed by atoms with Crippen molar-refractivity contribution in [1.29, 1.82) is 0 Å². The molecule has 2 N–H and O–H groups in total. The maximum absolute atomic E-state index is 11.1. The van der Waals surface area contributed by atoms with Crippen LogP contribution in [-0.4, -0.2) is 26.2 Å². The Morgan fingerprint density at radius 1 is 1.00 bits per heavy atom. The second kappa shape index (κ2) is 3.66. The Morgan fingerprint density at radius 2 is 1.67 bits per heavy atom. The highest BCUT2D eigenvalue weighted by atomic mass is 16.4. The number of carbonyl (C=O) groups is 1. The van der Waals surface area contributed by atoms with E-state index in [-0.39, 0.29) is 16.8 Å². The van der Waals surface area contributed by atoms with Crippen molar-refractivity contribution in [2.24, 2.45) is 0 Å². The van der Waals surface area contributed by atoms with E-state index < -0.39 is 5.97 Å². The van der Waals surface area contributed by atoms with Crippen LogP contribution in [0.25, 0.3) is 22.1 Å². The minimum atomic E-state index is -1.14. The molecule has 3 aromatic rings. The summed E-state index contributed by atoms with van der Waals surface area (Å²) in [6, 6.07) is 9.76. The molecule has 0 atom stereocenters. The number of hydrogen-bond donors (Lipinski definition) is 2. The van der Waals surface area contributed by atoms with Crippen LogP contribution in [0.5, 0.6) is 5.75 Å². The van der Waals surface area contributed by atoms with Gasteiger partial charge in [0.25, 0.3) is 0 Å². The third kappa shape index (κ3) is 1.53. The third-order valence-electron chi connectivity index (χ3n) is 2.66. The Bertz CT molecular complexity index is 784. The fourth-order valence-corrected chi connectivity index (χ4v) is 1.87. The zero-order valence-corrected chi connectivity index (χ0v) is 9.16. The van der Waals surface area contributed by atoms with Gasteiger partial charge in [-0.05, 0) is 18.2 Å². The molecule has 0 aliphatic carbocycles. The summed E-state index contributed by atoms with van der Waals surface area (Å²) in [4.78, 5) is 19.7. The van der Waals surface area contributed by atoms with Crippen molar-refractivity contribution in [3.63, 3.8) is 0 Å². The van der Waals surface area contributed by atoms with Crippen LogP contribution >= 0.6 is 0 Å². The highest BCUT2D eigenvalue weighted by Gasteiger charge is 2.13. The predicted octanol–water partition coefficient (Wildman–Crippen LogP) is 2.19. The van der Waals surface area contributed by atoms with Crippen molar-refractivity contribution in [3.05, 3.63) is 42.0 Å². The molecule has 0 saturated heterocycles. The first kappa shape index (κ1) is 10.5. The average Bonchev–Trinajstić information content (AvgIpc) is 2.35. The van der Waals surface area contributed by atoms with Crippen LogP contribution in [0.3, 0.4) is 0 Å². The van der Waals surface area contributed by atoms with Crippen LogP contribution in [0.1, 0.15) is 10.4 Å². The zero-order chi connectivity index (χ0) is 12.7. The van der Waals surface area contributed by atoms with Crippen molar-refractivity contribution in [3.8, 4) is 5.75 Å². The van der Waals surface area contributed by atoms with E-state index in [1.54, 1.807) is 12.1 Å². The van der Waals surface area contributed by atoms with E-state index in [9.17, 15) is 9.90 Å². The summed E-state index contributed by atoms with van der Waals surface area (Å²) >= 11 is 0. The first-order valence-electron chi connectivity index (χ1n) is 5.28. The summed E-state index contributed by atoms with van der Waals surface area (Å²) in [6.07, 6.45) is 0. The summed E-state index contributed by atoms with van der Waals surface area (Å²) in [5.41, 5.74) is 1.87. The van der Waals surface area contributed by atoms with E-state index in [0.29, 0.717) is 16.6 Å². The molecule has 5 heteroatoms. The fourth-order valence-electron chi connectivity index (χ4n) is 1.87. The van der Waals surface area contributed by atoms with E-state index in [1.807, 2.05) is 12.1 Å². The molecule has 0 saturated carbocycles. The van der Waals surface area contributed by atoms with E-state index in [1.165, 1.54) is 12.1 Å². The quantitative estimate of drug-likeness (QED) is 0.637. The molecular formula is C13H8N2O3. The molecule has 0 aliphatic rings. The Labute approximate surface area is 101 Å². The van der Waals surface area contributed by atoms with Crippen LogP contribution < -0.4 is 0 Å². The molecule has 5 nitrogen and oxygen atoms in total. The maximum atomic E-state index is 11.1. The number of hydrogen-bond acceptors (Lipinski definition) is 4. The van der Waals surface area contributed by atoms with Crippen LogP contribution in [0.15, 0.2) is 36.4 Å². The summed E-state index contributed by atoms with van der Waals surface area (Å²) in [7, 11) is 0. The summed E-state index contributed by atoms with van der Waals surface area (Å²) < 4.78 is 0. The van der Waals surface area contributed by atoms with Crippen LogP contribution in [0.4, 0.5) is 0 Å². The standard InChI is InChI=1S/C13H8N2O3/c16-7-5-8(13(17)18)12-11(6-7)14-9-3-1-2-4-10(9)15-12/h1-6,16H,(H,17,18). The molecule has 0 radical (unpaired) electrons. The molecule has 0 aliphatic heterocycles. The van der Waals surface area contributed by atoms with E-state index >= 15 is 0 Å². The third-order valence-corrected chi connectivity index (χ3v) is 2.66. The number of para-hydroxylation sites is 2. The molecule has 0 spiro atoms. The highest BCUT2D eigenvalue weighted by molar-refractivity contribution is 6.03. The molecule has 0 amide bonds. The molecule has 18 heavy (non-hydrogen) atoms. The number of fused-ring (bicyclic) bond motifs is 2. The van der Waals surface area contributed by atoms with Gasteiger partial charge >= 0.3 is 5.97 Å². The minimum Gasteiger partial charge on any atom is -0.508 e. The lowest BCUT2D eigenvalue weighted by atomic mass is 10.1. The number of carboxylic acids is 1. The number of aromatic carboxylic acids is 1. The molecule has 0 bridgehead atoms. The molecule has 1 heterocycles. The predicted molar refractivity (Wildman–Crippen MR) is 65.7 cm³/mol. The first-order valence-corrected chi connectivity index (χ1v) is 5.28. The lowest BCUT2D eigenvalue weighted by Crippen LogP contribution is -2.00. The molecular weight excluding hydrogens is 232 g/mol. The van der Waals surface area contributed by atoms with Gasteiger partial charge in [-0.2, -0.15) is 0 Å². The number of phenolic OH excluding ortho intramolecular Hbond substituents is 1. The van der Waals surface area contributed by atoms with Gasteiger partial charge in [0.1, 0.15) is 11.3 Å². The van der Waals surface area contributed by atoms with Crippen molar-refractivity contribution in [2.75, 3.05) is 0 Å². The first-order chi connectivity index (χ1) is 8.65. The van der Waals surface area contributed by atoms with Gasteiger partial charge in [0.05, 0.1) is 22.1 Å². The fraction of sp³-hybridized carbons (Fsp3) is 0. The topological polar surface area (TPSA) is 83.3 Å². The maximum Gasteiger partial charge on any atom is 0.338 e. The van der Waals surface area contributed by atoms with Gasteiger partial charge in [-0.25, -0.2) is 14.8 Å². The van der Waals surface area contributed by atoms with Crippen molar-refractivity contribution < 1.29 is 15.0 Å². The van der Waals surface area contributed by atoms with Crippen LogP contribution in [-0.2, 0) is 0 Å². The smallest absolute Gasteiger partial charge is 0.338 e. The number of aromatic hydroxyl groups is 1. The minimum absolute atomic E-state index is 0.0525. The lowest BCUT2D eigenvalue weighted by Gasteiger charge is -2.04. The van der Waals surface area contributed by atoms with Gasteiger partial charge in [-0.15, -0.1) is 0 Å². The van der Waals surface area contributed by atoms with Gasteiger partial charge < -0.3 is 10.2 Å². The van der Waals surface area contributed by atoms with Gasteiger partial charge in [-0.3, -0.25) is 0 Å². The van der Waals surface area contributed by atoms with E-state index in [4.69, 9.17) is 5.11 Å². The Hall–Kier alpha value is -2.69. The number of benzene rings is 2. The van der Waals surface area contributed by atoms with Crippen molar-refractivity contribution in [2.45, 2.75) is 0 Å². The highest BCUT2D eigenvalue weighted by Crippen LogP contribution is 2.24. The molecule has 2 aromatic carbocycles. The Kier molecular flexibility index (Phi) is 2.13. The summed E-state index contributed by atoms with van der Waals surface area (Å²) in [5, 5.41) is 18.6. The lowest BCUT2D eigenvalue weighted by molar-refractivity contribution is 0.0698. The average molecular weight is 240 g/mol. The van der Waals surface area contributed by atoms with Gasteiger partial charge in [-0.1, -0.05) is 12.1 Å². The Balaban J connectivity index is 2.49. The van der Waals surface area contributed by atoms with Gasteiger partial charge in [0, 0.05) is 6.07 Å². The zero-order valence-electron chi connectivity index (χ0n) is 9.16. The second-order valence-electron chi connectivity index (χ2n) is 3.88. The number of carboxylic acid groups (broad SMARTS) is 1. The monoisotopic (exact) mass is 240 g/mol. The van der Waals surface area contributed by atoms with E-state index in [0.717, 1.165) is 0 Å². The molecule has 88 valence electrons. The Morgan fingerprint density at radius 3 is 2.33 bits per heavy atom. The van der Waals surface area contributed by atoms with E-state index in [2.05, 4.69) is 9.97 Å². The number of rotatable bonds is 1. The molecule has 1 aromatic heterocycles. The van der Waals surface area contributed by atoms with Gasteiger partial charge in [0.15, 0.2) is 0 Å². The van der Waals surface area contributed by atoms with Gasteiger partial charge in [0.2, 0.25) is 0 Å². The number of aromatic nitrogens is 2. The number of phenols is 1. The number of nitrogens with zero attached hydrogens (tertiary/aromatic N) is 2. The van der Waals surface area contributed by atoms with Crippen molar-refractivity contribution in [1.82, 2.24) is 9.97 Å². The summed E-state index contributed by atoms with van der Waals surface area (Å²) in [5.74, 6) is -1.27. The van der Waals surface area contributed by atoms with Crippen LogP contribution in [0.2, 0.25) is 0 Å². The molecule has 3 rings (SSSR count). The molecule has 0 fully saturated rings. The largest absolute Gasteiger partial charge is 0.508 e. The summed E-state index contributed by atoms with van der Waals surface area (Å²) in [6.45, 7) is 0. The van der Waals surface area contributed by atoms with Crippen molar-refractivity contribution >= 4 is 28.0 Å². The molecule has 0 unspecified atom stereocenters. The SMILES string of the molecule is O=C(O)c1cc(O)cc2nc3ccccc3nc12.